The van der Waals surface area contributed by atoms with E-state index in [9.17, 15) is 9.59 Å². The van der Waals surface area contributed by atoms with Crippen molar-refractivity contribution in [3.63, 3.8) is 0 Å². The van der Waals surface area contributed by atoms with Gasteiger partial charge in [0.25, 0.3) is 5.91 Å². The molecule has 0 saturated carbocycles. The fraction of sp³-hybridized carbons (Fsp3) is 0.471. The van der Waals surface area contributed by atoms with Crippen molar-refractivity contribution in [2.24, 2.45) is 0 Å². The Labute approximate surface area is 151 Å². The van der Waals surface area contributed by atoms with E-state index in [0.29, 0.717) is 17.3 Å². The Hall–Kier alpha value is -2.81. The molecule has 9 nitrogen and oxygen atoms in total. The van der Waals surface area contributed by atoms with Crippen LogP contribution < -0.4 is 10.6 Å². The fourth-order valence-electron chi connectivity index (χ4n) is 2.94. The van der Waals surface area contributed by atoms with Gasteiger partial charge in [-0.3, -0.25) is 19.5 Å². The van der Waals surface area contributed by atoms with Crippen LogP contribution in [0, 0.1) is 6.92 Å². The molecule has 2 N–H and O–H groups in total. The number of amides is 2. The van der Waals surface area contributed by atoms with E-state index < -0.39 is 0 Å². The number of carbonyl (C=O) groups is 2. The van der Waals surface area contributed by atoms with Crippen LogP contribution in [0.4, 0.5) is 5.82 Å². The number of nitrogens with zero attached hydrogens (tertiary/aromatic N) is 4. The number of aromatic nitrogens is 3. The highest BCUT2D eigenvalue weighted by atomic mass is 16.5. The molecule has 0 aliphatic carbocycles. The summed E-state index contributed by atoms with van der Waals surface area (Å²) < 4.78 is 4.93. The predicted octanol–water partition coefficient (Wildman–Crippen LogP) is 0.996. The SMILES string of the molecule is Cc1cc(NC(=O)CN2CCCC(NC(=O)c3cnccn3)CC2)no1. The van der Waals surface area contributed by atoms with Crippen molar-refractivity contribution in [3.8, 4) is 0 Å². The summed E-state index contributed by atoms with van der Waals surface area (Å²) in [4.78, 5) is 34.3. The van der Waals surface area contributed by atoms with Crippen molar-refractivity contribution in [2.45, 2.75) is 32.2 Å². The van der Waals surface area contributed by atoms with E-state index in [1.54, 1.807) is 13.0 Å². The summed E-state index contributed by atoms with van der Waals surface area (Å²) in [7, 11) is 0. The zero-order chi connectivity index (χ0) is 18.4. The number of carbonyl (C=O) groups excluding carboxylic acids is 2. The van der Waals surface area contributed by atoms with Gasteiger partial charge in [0, 0.05) is 31.0 Å². The number of likely N-dealkylation sites (tertiary alicyclic amines) is 1. The normalized spacial score (nSPS) is 18.1. The van der Waals surface area contributed by atoms with Gasteiger partial charge in [0.2, 0.25) is 5.91 Å². The lowest BCUT2D eigenvalue weighted by atomic mass is 10.1. The number of nitrogens with one attached hydrogen (secondary N) is 2. The Kier molecular flexibility index (Phi) is 5.90. The number of hydrogen-bond donors (Lipinski definition) is 2. The minimum atomic E-state index is -0.212. The van der Waals surface area contributed by atoms with Crippen LogP contribution in [0.1, 0.15) is 35.5 Å². The van der Waals surface area contributed by atoms with Gasteiger partial charge in [-0.05, 0) is 32.7 Å². The predicted molar refractivity (Wildman–Crippen MR) is 93.4 cm³/mol. The summed E-state index contributed by atoms with van der Waals surface area (Å²) in [6.45, 7) is 3.60. The smallest absolute Gasteiger partial charge is 0.271 e. The monoisotopic (exact) mass is 358 g/mol. The van der Waals surface area contributed by atoms with Crippen LogP contribution in [0.3, 0.4) is 0 Å². The fourth-order valence-corrected chi connectivity index (χ4v) is 2.94. The van der Waals surface area contributed by atoms with Gasteiger partial charge in [-0.1, -0.05) is 5.16 Å². The van der Waals surface area contributed by atoms with Crippen molar-refractivity contribution in [3.05, 3.63) is 36.1 Å². The molecular weight excluding hydrogens is 336 g/mol. The van der Waals surface area contributed by atoms with Gasteiger partial charge in [-0.15, -0.1) is 0 Å². The van der Waals surface area contributed by atoms with Gasteiger partial charge in [-0.25, -0.2) is 4.98 Å². The van der Waals surface area contributed by atoms with Gasteiger partial charge in [0.1, 0.15) is 11.5 Å². The minimum absolute atomic E-state index is 0.0655. The van der Waals surface area contributed by atoms with E-state index in [1.807, 2.05) is 0 Å². The van der Waals surface area contributed by atoms with E-state index >= 15 is 0 Å². The van der Waals surface area contributed by atoms with E-state index in [2.05, 4.69) is 30.7 Å². The van der Waals surface area contributed by atoms with Crippen LogP contribution in [0.2, 0.25) is 0 Å². The van der Waals surface area contributed by atoms with Crippen molar-refractivity contribution < 1.29 is 14.1 Å². The Morgan fingerprint density at radius 2 is 2.19 bits per heavy atom. The highest BCUT2D eigenvalue weighted by Gasteiger charge is 2.21. The van der Waals surface area contributed by atoms with Gasteiger partial charge >= 0.3 is 0 Å². The third-order valence-corrected chi connectivity index (χ3v) is 4.21. The molecule has 0 radical (unpaired) electrons. The summed E-state index contributed by atoms with van der Waals surface area (Å²) >= 11 is 0. The van der Waals surface area contributed by atoms with Crippen molar-refractivity contribution in [2.75, 3.05) is 25.0 Å². The molecule has 2 aromatic heterocycles. The number of anilines is 1. The molecule has 0 aromatic carbocycles. The molecule has 9 heteroatoms. The zero-order valence-electron chi connectivity index (χ0n) is 14.6. The Bertz CT molecular complexity index is 748. The summed E-state index contributed by atoms with van der Waals surface area (Å²) in [5, 5.41) is 9.48. The molecule has 3 heterocycles. The van der Waals surface area contributed by atoms with E-state index in [0.717, 1.165) is 32.4 Å². The van der Waals surface area contributed by atoms with Crippen LogP contribution >= 0.6 is 0 Å². The lowest BCUT2D eigenvalue weighted by Gasteiger charge is -2.19. The third-order valence-electron chi connectivity index (χ3n) is 4.21. The maximum absolute atomic E-state index is 12.2. The zero-order valence-corrected chi connectivity index (χ0v) is 14.6. The molecule has 138 valence electrons. The second-order valence-electron chi connectivity index (χ2n) is 6.34. The lowest BCUT2D eigenvalue weighted by molar-refractivity contribution is -0.117. The van der Waals surface area contributed by atoms with Crippen molar-refractivity contribution >= 4 is 17.6 Å². The second-order valence-corrected chi connectivity index (χ2v) is 6.34. The van der Waals surface area contributed by atoms with E-state index in [-0.39, 0.29) is 24.4 Å². The maximum Gasteiger partial charge on any atom is 0.271 e. The van der Waals surface area contributed by atoms with Crippen LogP contribution in [0.15, 0.2) is 29.2 Å². The van der Waals surface area contributed by atoms with Gasteiger partial charge in [-0.2, -0.15) is 0 Å². The van der Waals surface area contributed by atoms with Gasteiger partial charge in [0.05, 0.1) is 12.7 Å². The summed E-state index contributed by atoms with van der Waals surface area (Å²) in [5.74, 6) is 0.740. The molecule has 0 spiro atoms. The number of rotatable bonds is 5. The van der Waals surface area contributed by atoms with Crippen LogP contribution in [-0.2, 0) is 4.79 Å². The lowest BCUT2D eigenvalue weighted by Crippen LogP contribution is -2.37. The summed E-state index contributed by atoms with van der Waals surface area (Å²) in [6, 6.07) is 1.74. The van der Waals surface area contributed by atoms with E-state index in [4.69, 9.17) is 4.52 Å². The van der Waals surface area contributed by atoms with Crippen molar-refractivity contribution in [1.82, 2.24) is 25.3 Å². The number of hydrogen-bond acceptors (Lipinski definition) is 7. The number of aryl methyl sites for hydroxylation is 1. The summed E-state index contributed by atoms with van der Waals surface area (Å²) in [5.41, 5.74) is 0.316. The van der Waals surface area contributed by atoms with Crippen LogP contribution in [0.25, 0.3) is 0 Å². The Balaban J connectivity index is 1.45. The van der Waals surface area contributed by atoms with Crippen LogP contribution in [0.5, 0.6) is 0 Å². The molecule has 1 unspecified atom stereocenters. The van der Waals surface area contributed by atoms with Gasteiger partial charge in [0.15, 0.2) is 5.82 Å². The quantitative estimate of drug-likeness (QED) is 0.819. The molecule has 26 heavy (non-hydrogen) atoms. The first-order chi connectivity index (χ1) is 12.6. The minimum Gasteiger partial charge on any atom is -0.360 e. The molecule has 1 aliphatic heterocycles. The second kappa shape index (κ2) is 8.52. The molecule has 1 aliphatic rings. The summed E-state index contributed by atoms with van der Waals surface area (Å²) in [6.07, 6.45) is 7.04. The Morgan fingerprint density at radius 1 is 1.31 bits per heavy atom. The molecule has 1 fully saturated rings. The molecule has 1 atom stereocenters. The molecule has 2 aromatic rings. The van der Waals surface area contributed by atoms with Crippen molar-refractivity contribution in [1.29, 1.82) is 0 Å². The third kappa shape index (κ3) is 5.09. The molecular formula is C17H22N6O3. The largest absolute Gasteiger partial charge is 0.360 e. The Morgan fingerprint density at radius 3 is 2.92 bits per heavy atom. The van der Waals surface area contributed by atoms with Gasteiger partial charge < -0.3 is 15.2 Å². The maximum atomic E-state index is 12.2. The first-order valence-corrected chi connectivity index (χ1v) is 8.62. The van der Waals surface area contributed by atoms with Crippen LogP contribution in [-0.4, -0.2) is 57.5 Å². The average molecular weight is 358 g/mol. The average Bonchev–Trinajstić information content (AvgIpc) is 2.91. The standard InChI is InChI=1S/C17H22N6O3/c1-12-9-15(22-26-12)21-16(24)11-23-7-2-3-13(4-8-23)20-17(25)14-10-18-5-6-19-14/h5-6,9-10,13H,2-4,7-8,11H2,1H3,(H,20,25)(H,21,22,24). The molecule has 3 rings (SSSR count). The van der Waals surface area contributed by atoms with E-state index in [1.165, 1.54) is 18.6 Å². The highest BCUT2D eigenvalue weighted by Crippen LogP contribution is 2.12. The topological polar surface area (TPSA) is 113 Å². The molecule has 1 saturated heterocycles. The first kappa shape index (κ1) is 18.0. The highest BCUT2D eigenvalue weighted by molar-refractivity contribution is 5.92. The molecule has 0 bridgehead atoms. The molecule has 2 amide bonds. The first-order valence-electron chi connectivity index (χ1n) is 8.62.